The van der Waals surface area contributed by atoms with Gasteiger partial charge in [0.25, 0.3) is 0 Å². The van der Waals surface area contributed by atoms with E-state index in [0.29, 0.717) is 6.04 Å². The van der Waals surface area contributed by atoms with Crippen molar-refractivity contribution in [2.45, 2.75) is 12.5 Å². The summed E-state index contributed by atoms with van der Waals surface area (Å²) in [6.07, 6.45) is 1.08. The zero-order chi connectivity index (χ0) is 10.7. The highest BCUT2D eigenvalue weighted by atomic mass is 79.9. The summed E-state index contributed by atoms with van der Waals surface area (Å²) in [6.45, 7) is 0. The van der Waals surface area contributed by atoms with Crippen LogP contribution in [0.1, 0.15) is 5.56 Å². The van der Waals surface area contributed by atoms with E-state index in [-0.39, 0.29) is 0 Å². The fraction of sp³-hybridized carbons (Fsp3) is 0.333. The second kappa shape index (κ2) is 5.10. The minimum absolute atomic E-state index is 0.516. The Balaban J connectivity index is 2.20. The lowest BCUT2D eigenvalue weighted by Gasteiger charge is -2.12. The maximum atomic E-state index is 3.52. The third kappa shape index (κ3) is 2.60. The molecule has 1 unspecified atom stereocenters. The molecule has 1 atom stereocenters. The van der Waals surface area contributed by atoms with E-state index in [1.807, 2.05) is 18.4 Å². The summed E-state index contributed by atoms with van der Waals surface area (Å²) in [5.41, 5.74) is 1.41. The van der Waals surface area contributed by atoms with Crippen molar-refractivity contribution in [1.82, 2.24) is 5.32 Å². The molecule has 0 aliphatic rings. The molecule has 0 saturated carbocycles. The van der Waals surface area contributed by atoms with Gasteiger partial charge in [0.15, 0.2) is 0 Å². The Morgan fingerprint density at radius 3 is 3.00 bits per heavy atom. The third-order valence-electron chi connectivity index (χ3n) is 2.60. The van der Waals surface area contributed by atoms with Crippen molar-refractivity contribution in [3.05, 3.63) is 35.2 Å². The molecule has 1 aromatic carbocycles. The second-order valence-corrected chi connectivity index (χ2v) is 5.23. The first-order chi connectivity index (χ1) is 7.33. The Bertz CT molecular complexity index is 434. The number of hydrogen-bond donors (Lipinski definition) is 1. The number of benzene rings is 1. The molecule has 3 heteroatoms. The highest BCUT2D eigenvalue weighted by Crippen LogP contribution is 2.22. The number of halogens is 1. The zero-order valence-electron chi connectivity index (χ0n) is 8.66. The monoisotopic (exact) mass is 283 g/mol. The summed E-state index contributed by atoms with van der Waals surface area (Å²) >= 11 is 5.33. The molecule has 0 fully saturated rings. The quantitative estimate of drug-likeness (QED) is 0.848. The number of thiophene rings is 1. The molecule has 0 spiro atoms. The molecule has 0 bridgehead atoms. The summed E-state index contributed by atoms with van der Waals surface area (Å²) in [7, 11) is 2.01. The van der Waals surface area contributed by atoms with Crippen LogP contribution >= 0.6 is 27.3 Å². The molecule has 0 aliphatic heterocycles. The number of rotatable bonds is 4. The molecular formula is C12H14BrNS. The molecule has 0 saturated heterocycles. The highest BCUT2D eigenvalue weighted by molar-refractivity contribution is 9.09. The van der Waals surface area contributed by atoms with E-state index in [1.165, 1.54) is 15.6 Å². The van der Waals surface area contributed by atoms with Gasteiger partial charge in [0.05, 0.1) is 0 Å². The molecule has 1 N–H and O–H groups in total. The van der Waals surface area contributed by atoms with E-state index in [4.69, 9.17) is 0 Å². The van der Waals surface area contributed by atoms with Crippen molar-refractivity contribution >= 4 is 37.4 Å². The van der Waals surface area contributed by atoms with Crippen molar-refractivity contribution in [1.29, 1.82) is 0 Å². The van der Waals surface area contributed by atoms with Gasteiger partial charge in [-0.15, -0.1) is 11.3 Å². The van der Waals surface area contributed by atoms with Crippen LogP contribution in [0.3, 0.4) is 0 Å². The van der Waals surface area contributed by atoms with Crippen LogP contribution in [0.25, 0.3) is 10.1 Å². The summed E-state index contributed by atoms with van der Waals surface area (Å²) in [5.74, 6) is 0. The van der Waals surface area contributed by atoms with Crippen molar-refractivity contribution in [3.8, 4) is 0 Å². The molecule has 2 rings (SSSR count). The average molecular weight is 284 g/mol. The van der Waals surface area contributed by atoms with Gasteiger partial charge in [0.1, 0.15) is 0 Å². The van der Waals surface area contributed by atoms with Crippen LogP contribution < -0.4 is 5.32 Å². The fourth-order valence-corrected chi connectivity index (χ4v) is 3.05. The lowest BCUT2D eigenvalue weighted by Crippen LogP contribution is -2.28. The molecule has 80 valence electrons. The van der Waals surface area contributed by atoms with E-state index >= 15 is 0 Å². The lowest BCUT2D eigenvalue weighted by atomic mass is 10.1. The molecule has 1 aromatic heterocycles. The van der Waals surface area contributed by atoms with Gasteiger partial charge in [0.2, 0.25) is 0 Å². The zero-order valence-corrected chi connectivity index (χ0v) is 11.1. The van der Waals surface area contributed by atoms with Crippen molar-refractivity contribution in [2.24, 2.45) is 0 Å². The van der Waals surface area contributed by atoms with Gasteiger partial charge >= 0.3 is 0 Å². The van der Waals surface area contributed by atoms with Crippen molar-refractivity contribution in [2.75, 3.05) is 12.4 Å². The predicted octanol–water partition coefficient (Wildman–Crippen LogP) is 3.43. The van der Waals surface area contributed by atoms with E-state index in [0.717, 1.165) is 11.8 Å². The average Bonchev–Trinajstić information content (AvgIpc) is 2.73. The third-order valence-corrected chi connectivity index (χ3v) is 4.26. The molecule has 1 heterocycles. The van der Waals surface area contributed by atoms with Crippen molar-refractivity contribution < 1.29 is 0 Å². The topological polar surface area (TPSA) is 12.0 Å². The Morgan fingerprint density at radius 2 is 2.27 bits per heavy atom. The van der Waals surface area contributed by atoms with Crippen LogP contribution in [0.15, 0.2) is 29.6 Å². The van der Waals surface area contributed by atoms with Crippen LogP contribution in [-0.2, 0) is 6.42 Å². The molecule has 2 aromatic rings. The molecule has 15 heavy (non-hydrogen) atoms. The molecule has 0 aliphatic carbocycles. The maximum absolute atomic E-state index is 3.52. The summed E-state index contributed by atoms with van der Waals surface area (Å²) < 4.78 is 1.39. The Kier molecular flexibility index (Phi) is 3.78. The minimum Gasteiger partial charge on any atom is -0.316 e. The summed E-state index contributed by atoms with van der Waals surface area (Å²) in [5, 5.41) is 7.79. The van der Waals surface area contributed by atoms with E-state index in [1.54, 1.807) is 0 Å². The van der Waals surface area contributed by atoms with Crippen LogP contribution in [0.2, 0.25) is 0 Å². The fourth-order valence-electron chi connectivity index (χ4n) is 1.64. The van der Waals surface area contributed by atoms with Crippen LogP contribution in [0.4, 0.5) is 0 Å². The first-order valence-corrected chi connectivity index (χ1v) is 7.03. The van der Waals surface area contributed by atoms with Gasteiger partial charge in [-0.3, -0.25) is 0 Å². The largest absolute Gasteiger partial charge is 0.316 e. The molecule has 1 nitrogen and oxygen atoms in total. The van der Waals surface area contributed by atoms with Crippen LogP contribution in [-0.4, -0.2) is 18.4 Å². The van der Waals surface area contributed by atoms with E-state index < -0.39 is 0 Å². The Hall–Kier alpha value is -0.380. The van der Waals surface area contributed by atoms with Crippen molar-refractivity contribution in [3.63, 3.8) is 0 Å². The van der Waals surface area contributed by atoms with Crippen LogP contribution in [0.5, 0.6) is 0 Å². The maximum Gasteiger partial charge on any atom is 0.0345 e. The van der Waals surface area contributed by atoms with Gasteiger partial charge in [-0.2, -0.15) is 0 Å². The van der Waals surface area contributed by atoms with Gasteiger partial charge in [-0.25, -0.2) is 0 Å². The standard InChI is InChI=1S/C12H14BrNS/c1-14-11(8-13)6-9-2-3-10-4-5-15-12(10)7-9/h2-5,7,11,14H,6,8H2,1H3. The van der Waals surface area contributed by atoms with Gasteiger partial charge < -0.3 is 5.32 Å². The first kappa shape index (κ1) is 11.1. The number of fused-ring (bicyclic) bond motifs is 1. The van der Waals surface area contributed by atoms with Crippen LogP contribution in [0, 0.1) is 0 Å². The first-order valence-electron chi connectivity index (χ1n) is 5.03. The SMILES string of the molecule is CNC(CBr)Cc1ccc2ccsc2c1. The second-order valence-electron chi connectivity index (χ2n) is 3.64. The lowest BCUT2D eigenvalue weighted by molar-refractivity contribution is 0.621. The number of alkyl halides is 1. The highest BCUT2D eigenvalue weighted by Gasteiger charge is 2.05. The number of hydrogen-bond acceptors (Lipinski definition) is 2. The van der Waals surface area contributed by atoms with Gasteiger partial charge in [0, 0.05) is 16.1 Å². The van der Waals surface area contributed by atoms with Gasteiger partial charge in [-0.1, -0.05) is 28.1 Å². The smallest absolute Gasteiger partial charge is 0.0345 e. The van der Waals surface area contributed by atoms with E-state index in [9.17, 15) is 0 Å². The predicted molar refractivity (Wildman–Crippen MR) is 72.2 cm³/mol. The molecule has 0 amide bonds. The number of nitrogens with one attached hydrogen (secondary N) is 1. The molecule has 0 radical (unpaired) electrons. The summed E-state index contributed by atoms with van der Waals surface area (Å²) in [4.78, 5) is 0. The Morgan fingerprint density at radius 1 is 1.40 bits per heavy atom. The molecular weight excluding hydrogens is 270 g/mol. The minimum atomic E-state index is 0.516. The summed E-state index contributed by atoms with van der Waals surface area (Å²) in [6, 6.07) is 9.42. The number of likely N-dealkylation sites (N-methyl/N-ethyl adjacent to an activating group) is 1. The normalized spacial score (nSPS) is 13.2. The van der Waals surface area contributed by atoms with Gasteiger partial charge in [-0.05, 0) is 41.9 Å². The van der Waals surface area contributed by atoms with E-state index in [2.05, 4.69) is 50.9 Å². The Labute approximate surface area is 103 Å².